The van der Waals surface area contributed by atoms with Crippen molar-refractivity contribution >= 4 is 17.5 Å². The number of nitrogens with zero attached hydrogens (tertiary/aromatic N) is 1. The number of nitrogens with one attached hydrogen (secondary N) is 1. The molecule has 0 unspecified atom stereocenters. The molecule has 24 heavy (non-hydrogen) atoms. The van der Waals surface area contributed by atoms with Gasteiger partial charge >= 0.3 is 0 Å². The summed E-state index contributed by atoms with van der Waals surface area (Å²) >= 11 is 0. The van der Waals surface area contributed by atoms with Crippen LogP contribution in [0.15, 0.2) is 48.5 Å². The molecule has 0 saturated heterocycles. The van der Waals surface area contributed by atoms with Crippen molar-refractivity contribution in [1.29, 1.82) is 0 Å². The van der Waals surface area contributed by atoms with Gasteiger partial charge in [0.05, 0.1) is 12.8 Å². The third-order valence-electron chi connectivity index (χ3n) is 3.63. The molecule has 0 spiro atoms. The number of hydrogen-bond acceptors (Lipinski definition) is 3. The van der Waals surface area contributed by atoms with Gasteiger partial charge in [0.25, 0.3) is 0 Å². The summed E-state index contributed by atoms with van der Waals surface area (Å²) in [7, 11) is 1.55. The fraction of sp³-hybridized carbons (Fsp3) is 0.263. The monoisotopic (exact) mass is 326 g/mol. The van der Waals surface area contributed by atoms with Crippen LogP contribution in [0.5, 0.6) is 5.75 Å². The van der Waals surface area contributed by atoms with Crippen LogP contribution in [0.1, 0.15) is 18.1 Å². The molecule has 2 amide bonds. The minimum atomic E-state index is -0.259. The molecule has 2 aromatic rings. The van der Waals surface area contributed by atoms with Gasteiger partial charge in [-0.15, -0.1) is 0 Å². The van der Waals surface area contributed by atoms with Crippen LogP contribution in [0.3, 0.4) is 0 Å². The second-order valence-corrected chi connectivity index (χ2v) is 5.61. The van der Waals surface area contributed by atoms with Crippen molar-refractivity contribution in [2.45, 2.75) is 20.4 Å². The molecule has 0 aliphatic carbocycles. The molecule has 0 aliphatic heterocycles. The van der Waals surface area contributed by atoms with Crippen molar-refractivity contribution in [3.63, 3.8) is 0 Å². The number of rotatable bonds is 6. The van der Waals surface area contributed by atoms with Crippen molar-refractivity contribution in [1.82, 2.24) is 4.90 Å². The molecule has 0 fully saturated rings. The molecule has 2 rings (SSSR count). The third kappa shape index (κ3) is 4.84. The van der Waals surface area contributed by atoms with E-state index >= 15 is 0 Å². The molecule has 0 saturated carbocycles. The van der Waals surface area contributed by atoms with E-state index in [9.17, 15) is 9.59 Å². The number of amides is 2. The van der Waals surface area contributed by atoms with E-state index in [1.54, 1.807) is 13.2 Å². The molecular formula is C19H22N2O3. The minimum absolute atomic E-state index is 0.0126. The first-order chi connectivity index (χ1) is 11.5. The Morgan fingerprint density at radius 2 is 1.83 bits per heavy atom. The molecule has 0 bridgehead atoms. The Hall–Kier alpha value is -2.82. The molecular weight excluding hydrogens is 304 g/mol. The summed E-state index contributed by atoms with van der Waals surface area (Å²) in [6, 6.07) is 15.1. The number of carbonyl (C=O) groups excluding carboxylic acids is 2. The number of carbonyl (C=O) groups is 2. The topological polar surface area (TPSA) is 58.6 Å². The molecule has 0 heterocycles. The summed E-state index contributed by atoms with van der Waals surface area (Å²) in [5, 5.41) is 2.82. The Bertz CT molecular complexity index is 714. The molecule has 0 aliphatic rings. The van der Waals surface area contributed by atoms with Crippen molar-refractivity contribution in [3.05, 3.63) is 59.7 Å². The Labute approximate surface area is 142 Å². The van der Waals surface area contributed by atoms with Crippen LogP contribution < -0.4 is 10.1 Å². The van der Waals surface area contributed by atoms with Gasteiger partial charge in [-0.05, 0) is 30.2 Å². The second kappa shape index (κ2) is 8.15. The zero-order valence-electron chi connectivity index (χ0n) is 14.2. The van der Waals surface area contributed by atoms with Crippen LogP contribution in [0.4, 0.5) is 5.69 Å². The molecule has 126 valence electrons. The van der Waals surface area contributed by atoms with Crippen LogP contribution in [0.2, 0.25) is 0 Å². The van der Waals surface area contributed by atoms with Crippen LogP contribution >= 0.6 is 0 Å². The minimum Gasteiger partial charge on any atom is -0.495 e. The van der Waals surface area contributed by atoms with Crippen LogP contribution in [-0.2, 0) is 16.1 Å². The van der Waals surface area contributed by atoms with E-state index < -0.39 is 0 Å². The first-order valence-electron chi connectivity index (χ1n) is 7.73. The maximum atomic E-state index is 12.3. The van der Waals surface area contributed by atoms with Crippen molar-refractivity contribution in [2.24, 2.45) is 0 Å². The van der Waals surface area contributed by atoms with E-state index in [4.69, 9.17) is 4.74 Å². The lowest BCUT2D eigenvalue weighted by Crippen LogP contribution is -2.36. The molecule has 0 aromatic heterocycles. The van der Waals surface area contributed by atoms with Crippen molar-refractivity contribution in [2.75, 3.05) is 19.0 Å². The number of hydrogen-bond donors (Lipinski definition) is 1. The number of benzene rings is 2. The van der Waals surface area contributed by atoms with Crippen LogP contribution in [-0.4, -0.2) is 30.4 Å². The quantitative estimate of drug-likeness (QED) is 0.888. The summed E-state index contributed by atoms with van der Waals surface area (Å²) in [5.41, 5.74) is 2.60. The lowest BCUT2D eigenvalue weighted by atomic mass is 10.2. The van der Waals surface area contributed by atoms with E-state index in [0.29, 0.717) is 18.0 Å². The smallest absolute Gasteiger partial charge is 0.244 e. The van der Waals surface area contributed by atoms with E-state index in [2.05, 4.69) is 5.32 Å². The highest BCUT2D eigenvalue weighted by Crippen LogP contribution is 2.25. The number of methoxy groups -OCH3 is 1. The highest BCUT2D eigenvalue weighted by molar-refractivity contribution is 5.95. The lowest BCUT2D eigenvalue weighted by molar-refractivity contribution is -0.133. The summed E-state index contributed by atoms with van der Waals surface area (Å²) in [4.78, 5) is 25.7. The van der Waals surface area contributed by atoms with E-state index in [0.717, 1.165) is 11.1 Å². The standard InChI is InChI=1S/C19H22N2O3/c1-14-9-10-18(24-3)17(11-14)20-19(23)13-21(15(2)22)12-16-7-5-4-6-8-16/h4-11H,12-13H2,1-3H3,(H,20,23). The summed E-state index contributed by atoms with van der Waals surface area (Å²) < 4.78 is 5.25. The van der Waals surface area contributed by atoms with Crippen molar-refractivity contribution < 1.29 is 14.3 Å². The maximum Gasteiger partial charge on any atom is 0.244 e. The SMILES string of the molecule is COc1ccc(C)cc1NC(=O)CN(Cc1ccccc1)C(C)=O. The summed E-state index contributed by atoms with van der Waals surface area (Å²) in [5.74, 6) is 0.182. The Kier molecular flexibility index (Phi) is 5.95. The van der Waals surface area contributed by atoms with Gasteiger partial charge in [-0.1, -0.05) is 36.4 Å². The summed E-state index contributed by atoms with van der Waals surface area (Å²) in [6.07, 6.45) is 0. The highest BCUT2D eigenvalue weighted by Gasteiger charge is 2.15. The first kappa shape index (κ1) is 17.5. The van der Waals surface area contributed by atoms with Gasteiger partial charge in [0, 0.05) is 13.5 Å². The van der Waals surface area contributed by atoms with Gasteiger partial charge in [0.1, 0.15) is 12.3 Å². The van der Waals surface area contributed by atoms with E-state index in [1.807, 2.05) is 49.4 Å². The first-order valence-corrected chi connectivity index (χ1v) is 7.73. The highest BCUT2D eigenvalue weighted by atomic mass is 16.5. The lowest BCUT2D eigenvalue weighted by Gasteiger charge is -2.21. The van der Waals surface area contributed by atoms with Crippen LogP contribution in [0.25, 0.3) is 0 Å². The third-order valence-corrected chi connectivity index (χ3v) is 3.63. The van der Waals surface area contributed by atoms with Crippen LogP contribution in [0, 0.1) is 6.92 Å². The molecule has 5 nitrogen and oxygen atoms in total. The normalized spacial score (nSPS) is 10.1. The zero-order valence-corrected chi connectivity index (χ0v) is 14.2. The molecule has 0 atom stereocenters. The second-order valence-electron chi connectivity index (χ2n) is 5.61. The predicted molar refractivity (Wildman–Crippen MR) is 93.9 cm³/mol. The average Bonchev–Trinajstić information content (AvgIpc) is 2.55. The van der Waals surface area contributed by atoms with Gasteiger partial charge in [-0.3, -0.25) is 9.59 Å². The number of anilines is 1. The van der Waals surface area contributed by atoms with Gasteiger partial charge in [-0.25, -0.2) is 0 Å². The molecule has 5 heteroatoms. The molecule has 2 aromatic carbocycles. The number of aryl methyl sites for hydroxylation is 1. The van der Waals surface area contributed by atoms with Crippen molar-refractivity contribution in [3.8, 4) is 5.75 Å². The molecule has 0 radical (unpaired) electrons. The Balaban J connectivity index is 2.06. The Morgan fingerprint density at radius 3 is 2.46 bits per heavy atom. The van der Waals surface area contributed by atoms with Gasteiger partial charge in [0.15, 0.2) is 0 Å². The fourth-order valence-corrected chi connectivity index (χ4v) is 2.36. The average molecular weight is 326 g/mol. The number of ether oxygens (including phenoxy) is 1. The van der Waals surface area contributed by atoms with Gasteiger partial charge in [0.2, 0.25) is 11.8 Å². The van der Waals surface area contributed by atoms with Gasteiger partial charge in [-0.2, -0.15) is 0 Å². The largest absolute Gasteiger partial charge is 0.495 e. The maximum absolute atomic E-state index is 12.3. The molecule has 1 N–H and O–H groups in total. The predicted octanol–water partition coefficient (Wildman–Crippen LogP) is 2.99. The van der Waals surface area contributed by atoms with E-state index in [-0.39, 0.29) is 18.4 Å². The fourth-order valence-electron chi connectivity index (χ4n) is 2.36. The van der Waals surface area contributed by atoms with E-state index in [1.165, 1.54) is 11.8 Å². The zero-order chi connectivity index (χ0) is 17.5. The summed E-state index contributed by atoms with van der Waals surface area (Å²) in [6.45, 7) is 3.78. The Morgan fingerprint density at radius 1 is 1.12 bits per heavy atom. The van der Waals surface area contributed by atoms with Gasteiger partial charge < -0.3 is 15.0 Å².